The number of nitrogen functional groups attached to an aromatic ring is 1. The van der Waals surface area contributed by atoms with Crippen LogP contribution in [0.4, 0.5) is 11.4 Å². The Morgan fingerprint density at radius 3 is 2.95 bits per heavy atom. The lowest BCUT2D eigenvalue weighted by Crippen LogP contribution is -2.27. The van der Waals surface area contributed by atoms with Crippen LogP contribution in [0.25, 0.3) is 0 Å². The average molecular weight is 262 g/mol. The van der Waals surface area contributed by atoms with E-state index in [1.807, 2.05) is 6.92 Å². The van der Waals surface area contributed by atoms with Crippen LogP contribution < -0.4 is 21.7 Å². The number of rotatable bonds is 4. The minimum absolute atomic E-state index is 0.0116. The summed E-state index contributed by atoms with van der Waals surface area (Å²) >= 11 is 0. The lowest BCUT2D eigenvalue weighted by molar-refractivity contribution is -0.119. The molecule has 1 heterocycles. The fourth-order valence-electron chi connectivity index (χ4n) is 2.06. The van der Waals surface area contributed by atoms with E-state index in [0.717, 1.165) is 0 Å². The van der Waals surface area contributed by atoms with E-state index >= 15 is 0 Å². The van der Waals surface area contributed by atoms with Crippen molar-refractivity contribution in [2.45, 2.75) is 19.4 Å². The van der Waals surface area contributed by atoms with Gasteiger partial charge in [0.25, 0.3) is 5.91 Å². The monoisotopic (exact) mass is 262 g/mol. The third-order valence-corrected chi connectivity index (χ3v) is 2.96. The number of hydrogen-bond acceptors (Lipinski definition) is 4. The summed E-state index contributed by atoms with van der Waals surface area (Å²) in [4.78, 5) is 23.1. The Kier molecular flexibility index (Phi) is 3.89. The van der Waals surface area contributed by atoms with Gasteiger partial charge in [-0.15, -0.1) is 0 Å². The Bertz CT molecular complexity index is 501. The molecule has 0 aliphatic carbocycles. The summed E-state index contributed by atoms with van der Waals surface area (Å²) in [5.74, 6) is -0.136. The first-order chi connectivity index (χ1) is 9.10. The number of carbonyl (C=O) groups excluding carboxylic acids is 2. The molecule has 19 heavy (non-hydrogen) atoms. The molecule has 0 radical (unpaired) electrons. The molecule has 1 fully saturated rings. The summed E-state index contributed by atoms with van der Waals surface area (Å²) in [6, 6.07) is 5.08. The Hall–Kier alpha value is -2.24. The Labute approximate surface area is 111 Å². The number of amides is 2. The fraction of sp³-hybridized carbons (Fsp3) is 0.385. The maximum absolute atomic E-state index is 11.9. The van der Waals surface area contributed by atoms with Gasteiger partial charge in [-0.05, 0) is 25.1 Å². The van der Waals surface area contributed by atoms with Crippen LogP contribution >= 0.6 is 0 Å². The van der Waals surface area contributed by atoms with Crippen molar-refractivity contribution in [1.29, 1.82) is 0 Å². The van der Waals surface area contributed by atoms with Crippen molar-refractivity contribution in [3.05, 3.63) is 23.8 Å². The molecule has 1 aromatic rings. The normalized spacial score (nSPS) is 17.9. The minimum Gasteiger partial charge on any atom is -0.399 e. The van der Waals surface area contributed by atoms with Gasteiger partial charge in [-0.3, -0.25) is 9.59 Å². The quantitative estimate of drug-likeness (QED) is 0.587. The molecule has 2 amide bonds. The van der Waals surface area contributed by atoms with E-state index in [4.69, 9.17) is 5.73 Å². The second-order valence-corrected chi connectivity index (χ2v) is 4.51. The number of nitrogens with one attached hydrogen (secondary N) is 3. The molecular weight excluding hydrogens is 244 g/mol. The van der Waals surface area contributed by atoms with Crippen LogP contribution in [0.1, 0.15) is 23.7 Å². The molecule has 1 aromatic carbocycles. The topological polar surface area (TPSA) is 96.2 Å². The largest absolute Gasteiger partial charge is 0.399 e. The van der Waals surface area contributed by atoms with Gasteiger partial charge in [0, 0.05) is 30.9 Å². The second kappa shape index (κ2) is 5.60. The van der Waals surface area contributed by atoms with Gasteiger partial charge in [0.1, 0.15) is 0 Å². The number of anilines is 2. The van der Waals surface area contributed by atoms with Gasteiger partial charge in [0.15, 0.2) is 0 Å². The van der Waals surface area contributed by atoms with E-state index in [2.05, 4.69) is 16.0 Å². The molecule has 1 atom stereocenters. The van der Waals surface area contributed by atoms with Gasteiger partial charge in [0.2, 0.25) is 5.91 Å². The predicted octanol–water partition coefficient (Wildman–Crippen LogP) is 0.319. The van der Waals surface area contributed by atoms with Crippen molar-refractivity contribution in [2.24, 2.45) is 0 Å². The highest BCUT2D eigenvalue weighted by Crippen LogP contribution is 2.21. The van der Waals surface area contributed by atoms with E-state index in [1.165, 1.54) is 0 Å². The van der Waals surface area contributed by atoms with E-state index in [-0.39, 0.29) is 17.9 Å². The maximum atomic E-state index is 11.9. The van der Waals surface area contributed by atoms with Crippen LogP contribution in [0.5, 0.6) is 0 Å². The van der Waals surface area contributed by atoms with Gasteiger partial charge in [-0.1, -0.05) is 0 Å². The summed E-state index contributed by atoms with van der Waals surface area (Å²) in [6.45, 7) is 2.98. The van der Waals surface area contributed by atoms with Crippen LogP contribution in [-0.4, -0.2) is 30.9 Å². The highest BCUT2D eigenvalue weighted by atomic mass is 16.2. The average Bonchev–Trinajstić information content (AvgIpc) is 2.75. The SMILES string of the molecule is CCNC(=O)c1ccc(N)cc1NC1CNC(=O)C1. The number of carbonyl (C=O) groups is 2. The van der Waals surface area contributed by atoms with Gasteiger partial charge < -0.3 is 21.7 Å². The summed E-state index contributed by atoms with van der Waals surface area (Å²) in [5, 5.41) is 8.69. The Balaban J connectivity index is 2.19. The Morgan fingerprint density at radius 2 is 2.32 bits per heavy atom. The molecule has 1 aliphatic rings. The third-order valence-electron chi connectivity index (χ3n) is 2.96. The molecule has 6 heteroatoms. The van der Waals surface area contributed by atoms with E-state index < -0.39 is 0 Å². The maximum Gasteiger partial charge on any atom is 0.253 e. The zero-order valence-electron chi connectivity index (χ0n) is 10.8. The number of hydrogen-bond donors (Lipinski definition) is 4. The first-order valence-corrected chi connectivity index (χ1v) is 6.31. The van der Waals surface area contributed by atoms with E-state index in [9.17, 15) is 9.59 Å². The number of benzene rings is 1. The molecule has 102 valence electrons. The van der Waals surface area contributed by atoms with Crippen molar-refractivity contribution in [1.82, 2.24) is 10.6 Å². The highest BCUT2D eigenvalue weighted by molar-refractivity contribution is 6.00. The van der Waals surface area contributed by atoms with Crippen LogP contribution in [0.2, 0.25) is 0 Å². The highest BCUT2D eigenvalue weighted by Gasteiger charge is 2.22. The molecule has 2 rings (SSSR count). The molecule has 0 bridgehead atoms. The molecule has 0 aromatic heterocycles. The van der Waals surface area contributed by atoms with Crippen molar-refractivity contribution in [3.8, 4) is 0 Å². The zero-order valence-corrected chi connectivity index (χ0v) is 10.8. The Morgan fingerprint density at radius 1 is 1.53 bits per heavy atom. The molecule has 5 N–H and O–H groups in total. The van der Waals surface area contributed by atoms with Gasteiger partial charge in [0.05, 0.1) is 11.6 Å². The standard InChI is InChI=1S/C13H18N4O2/c1-2-15-13(19)10-4-3-8(14)5-11(10)17-9-6-12(18)16-7-9/h3-5,9,17H,2,6-7,14H2,1H3,(H,15,19)(H,16,18). The van der Waals surface area contributed by atoms with Crippen LogP contribution in [0.3, 0.4) is 0 Å². The van der Waals surface area contributed by atoms with E-state index in [0.29, 0.717) is 36.4 Å². The lowest BCUT2D eigenvalue weighted by atomic mass is 10.1. The molecule has 0 spiro atoms. The van der Waals surface area contributed by atoms with Gasteiger partial charge in [-0.2, -0.15) is 0 Å². The molecular formula is C13H18N4O2. The third kappa shape index (κ3) is 3.15. The first kappa shape index (κ1) is 13.2. The molecule has 0 saturated carbocycles. The van der Waals surface area contributed by atoms with Crippen LogP contribution in [0, 0.1) is 0 Å². The molecule has 1 saturated heterocycles. The zero-order chi connectivity index (χ0) is 13.8. The van der Waals surface area contributed by atoms with Crippen molar-refractivity contribution in [3.63, 3.8) is 0 Å². The van der Waals surface area contributed by atoms with Crippen molar-refractivity contribution < 1.29 is 9.59 Å². The molecule has 6 nitrogen and oxygen atoms in total. The first-order valence-electron chi connectivity index (χ1n) is 6.31. The fourth-order valence-corrected chi connectivity index (χ4v) is 2.06. The van der Waals surface area contributed by atoms with Crippen molar-refractivity contribution in [2.75, 3.05) is 24.1 Å². The second-order valence-electron chi connectivity index (χ2n) is 4.51. The minimum atomic E-state index is -0.151. The molecule has 1 unspecified atom stereocenters. The summed E-state index contributed by atoms with van der Waals surface area (Å²) < 4.78 is 0. The van der Waals surface area contributed by atoms with Gasteiger partial charge in [-0.25, -0.2) is 0 Å². The summed E-state index contributed by atoms with van der Waals surface area (Å²) in [6.07, 6.45) is 0.406. The van der Waals surface area contributed by atoms with Crippen LogP contribution in [-0.2, 0) is 4.79 Å². The summed E-state index contributed by atoms with van der Waals surface area (Å²) in [7, 11) is 0. The van der Waals surface area contributed by atoms with Gasteiger partial charge >= 0.3 is 0 Å². The summed E-state index contributed by atoms with van der Waals surface area (Å²) in [5.41, 5.74) is 7.52. The number of nitrogens with two attached hydrogens (primary N) is 1. The predicted molar refractivity (Wildman–Crippen MR) is 73.9 cm³/mol. The lowest BCUT2D eigenvalue weighted by Gasteiger charge is -2.16. The smallest absolute Gasteiger partial charge is 0.253 e. The molecule has 1 aliphatic heterocycles. The van der Waals surface area contributed by atoms with E-state index in [1.54, 1.807) is 18.2 Å². The van der Waals surface area contributed by atoms with Crippen LogP contribution in [0.15, 0.2) is 18.2 Å². The van der Waals surface area contributed by atoms with Crippen molar-refractivity contribution >= 4 is 23.2 Å².